The minimum absolute atomic E-state index is 0.0246. The number of esters is 1. The molecular formula is C11H20O2. The Bertz CT molecular complexity index is 179. The molecule has 0 saturated heterocycles. The van der Waals surface area contributed by atoms with Crippen LogP contribution in [0.25, 0.3) is 0 Å². The van der Waals surface area contributed by atoms with Gasteiger partial charge in [-0.1, -0.05) is 19.8 Å². The average molecular weight is 184 g/mol. The minimum atomic E-state index is -0.135. The van der Waals surface area contributed by atoms with E-state index in [0.29, 0.717) is 0 Å². The van der Waals surface area contributed by atoms with Crippen molar-refractivity contribution in [3.05, 3.63) is 0 Å². The van der Waals surface area contributed by atoms with Crippen LogP contribution in [0.15, 0.2) is 0 Å². The van der Waals surface area contributed by atoms with Gasteiger partial charge >= 0.3 is 5.97 Å². The molecule has 0 atom stereocenters. The highest BCUT2D eigenvalue weighted by molar-refractivity contribution is 5.77. The van der Waals surface area contributed by atoms with Crippen molar-refractivity contribution in [3.63, 3.8) is 0 Å². The molecule has 1 rings (SSSR count). The molecule has 1 aliphatic rings. The molecule has 0 heterocycles. The first-order valence-electron chi connectivity index (χ1n) is 5.32. The van der Waals surface area contributed by atoms with E-state index in [-0.39, 0.29) is 17.5 Å². The van der Waals surface area contributed by atoms with Gasteiger partial charge in [0.15, 0.2) is 0 Å². The lowest BCUT2D eigenvalue weighted by molar-refractivity contribution is -0.159. The second-order valence-corrected chi connectivity index (χ2v) is 4.30. The number of ether oxygens (including phenoxy) is 1. The lowest BCUT2D eigenvalue weighted by Crippen LogP contribution is -2.31. The predicted octanol–water partition coefficient (Wildman–Crippen LogP) is 2.91. The van der Waals surface area contributed by atoms with Crippen molar-refractivity contribution in [3.8, 4) is 0 Å². The molecule has 13 heavy (non-hydrogen) atoms. The van der Waals surface area contributed by atoms with Crippen LogP contribution in [-0.4, -0.2) is 12.1 Å². The summed E-state index contributed by atoms with van der Waals surface area (Å²) in [5.41, 5.74) is -0.135. The molecule has 2 nitrogen and oxygen atoms in total. The van der Waals surface area contributed by atoms with Gasteiger partial charge < -0.3 is 4.74 Å². The quantitative estimate of drug-likeness (QED) is 0.630. The van der Waals surface area contributed by atoms with E-state index in [1.807, 2.05) is 13.8 Å². The van der Waals surface area contributed by atoms with E-state index in [2.05, 4.69) is 6.92 Å². The maximum Gasteiger partial charge on any atom is 0.312 e. The van der Waals surface area contributed by atoms with E-state index >= 15 is 0 Å². The molecule has 0 radical (unpaired) electrons. The van der Waals surface area contributed by atoms with Crippen LogP contribution in [0.4, 0.5) is 0 Å². The highest BCUT2D eigenvalue weighted by atomic mass is 16.5. The molecule has 0 unspecified atom stereocenters. The zero-order valence-corrected chi connectivity index (χ0v) is 8.93. The second kappa shape index (κ2) is 4.12. The molecule has 1 fully saturated rings. The van der Waals surface area contributed by atoms with Crippen LogP contribution >= 0.6 is 0 Å². The fourth-order valence-electron chi connectivity index (χ4n) is 2.09. The summed E-state index contributed by atoms with van der Waals surface area (Å²) in [7, 11) is 0. The van der Waals surface area contributed by atoms with Gasteiger partial charge in [0, 0.05) is 0 Å². The van der Waals surface area contributed by atoms with E-state index < -0.39 is 0 Å². The zero-order valence-electron chi connectivity index (χ0n) is 8.93. The molecule has 76 valence electrons. The summed E-state index contributed by atoms with van der Waals surface area (Å²) in [6.45, 7) is 5.92. The molecule has 2 heteroatoms. The van der Waals surface area contributed by atoms with Crippen molar-refractivity contribution in [2.75, 3.05) is 0 Å². The Morgan fingerprint density at radius 1 is 1.38 bits per heavy atom. The average Bonchev–Trinajstić information content (AvgIpc) is 2.51. The van der Waals surface area contributed by atoms with Crippen LogP contribution in [-0.2, 0) is 9.53 Å². The maximum absolute atomic E-state index is 11.8. The van der Waals surface area contributed by atoms with Crippen molar-refractivity contribution in [1.29, 1.82) is 0 Å². The summed E-state index contributed by atoms with van der Waals surface area (Å²) in [6, 6.07) is 0. The summed E-state index contributed by atoms with van der Waals surface area (Å²) in [6.07, 6.45) is 5.36. The van der Waals surface area contributed by atoms with Gasteiger partial charge in [-0.2, -0.15) is 0 Å². The summed E-state index contributed by atoms with van der Waals surface area (Å²) < 4.78 is 5.29. The summed E-state index contributed by atoms with van der Waals surface area (Å²) in [4.78, 5) is 11.8. The van der Waals surface area contributed by atoms with E-state index in [1.54, 1.807) is 0 Å². The Morgan fingerprint density at radius 2 is 1.92 bits per heavy atom. The van der Waals surface area contributed by atoms with E-state index in [9.17, 15) is 4.79 Å². The number of rotatable bonds is 3. The second-order valence-electron chi connectivity index (χ2n) is 4.30. The number of carbonyl (C=O) groups is 1. The van der Waals surface area contributed by atoms with Crippen LogP contribution in [0.1, 0.15) is 52.9 Å². The van der Waals surface area contributed by atoms with E-state index in [0.717, 1.165) is 19.3 Å². The molecule has 0 spiro atoms. The number of carbonyl (C=O) groups excluding carboxylic acids is 1. The first kappa shape index (κ1) is 10.6. The third-order valence-corrected chi connectivity index (χ3v) is 3.01. The van der Waals surface area contributed by atoms with Gasteiger partial charge in [0.1, 0.15) is 0 Å². The van der Waals surface area contributed by atoms with Crippen molar-refractivity contribution in [2.24, 2.45) is 5.41 Å². The van der Waals surface area contributed by atoms with Gasteiger partial charge in [-0.3, -0.25) is 4.79 Å². The van der Waals surface area contributed by atoms with Gasteiger partial charge in [0.05, 0.1) is 11.5 Å². The SMILES string of the molecule is CCC1(C(=O)OC(C)C)CCCC1. The smallest absolute Gasteiger partial charge is 0.312 e. The van der Waals surface area contributed by atoms with E-state index in [1.165, 1.54) is 12.8 Å². The van der Waals surface area contributed by atoms with Gasteiger partial charge in [-0.05, 0) is 33.1 Å². The van der Waals surface area contributed by atoms with Gasteiger partial charge in [0.25, 0.3) is 0 Å². The van der Waals surface area contributed by atoms with Crippen LogP contribution in [0.3, 0.4) is 0 Å². The fraction of sp³-hybridized carbons (Fsp3) is 0.909. The Labute approximate surface area is 80.7 Å². The van der Waals surface area contributed by atoms with Crippen LogP contribution in [0.2, 0.25) is 0 Å². The highest BCUT2D eigenvalue weighted by Gasteiger charge is 2.40. The van der Waals surface area contributed by atoms with Crippen LogP contribution < -0.4 is 0 Å². The van der Waals surface area contributed by atoms with Crippen molar-refractivity contribution in [1.82, 2.24) is 0 Å². The lowest BCUT2D eigenvalue weighted by Gasteiger charge is -2.25. The van der Waals surface area contributed by atoms with Crippen LogP contribution in [0, 0.1) is 5.41 Å². The monoisotopic (exact) mass is 184 g/mol. The summed E-state index contributed by atoms with van der Waals surface area (Å²) in [5, 5.41) is 0. The third-order valence-electron chi connectivity index (χ3n) is 3.01. The molecular weight excluding hydrogens is 164 g/mol. The number of hydrogen-bond donors (Lipinski definition) is 0. The topological polar surface area (TPSA) is 26.3 Å². The molecule has 0 aromatic carbocycles. The van der Waals surface area contributed by atoms with Crippen molar-refractivity contribution >= 4 is 5.97 Å². The molecule has 0 amide bonds. The number of hydrogen-bond acceptors (Lipinski definition) is 2. The van der Waals surface area contributed by atoms with Crippen molar-refractivity contribution in [2.45, 2.75) is 59.0 Å². The maximum atomic E-state index is 11.8. The first-order chi connectivity index (χ1) is 6.10. The molecule has 0 bridgehead atoms. The first-order valence-corrected chi connectivity index (χ1v) is 5.32. The molecule has 0 aromatic rings. The van der Waals surface area contributed by atoms with Gasteiger partial charge in [-0.25, -0.2) is 0 Å². The van der Waals surface area contributed by atoms with Crippen LogP contribution in [0.5, 0.6) is 0 Å². The third kappa shape index (κ3) is 2.23. The van der Waals surface area contributed by atoms with Gasteiger partial charge in [0.2, 0.25) is 0 Å². The zero-order chi connectivity index (χ0) is 9.90. The Hall–Kier alpha value is -0.530. The Morgan fingerprint density at radius 3 is 2.31 bits per heavy atom. The lowest BCUT2D eigenvalue weighted by atomic mass is 9.83. The predicted molar refractivity (Wildman–Crippen MR) is 52.4 cm³/mol. The molecule has 1 saturated carbocycles. The highest BCUT2D eigenvalue weighted by Crippen LogP contribution is 2.42. The van der Waals surface area contributed by atoms with Crippen molar-refractivity contribution < 1.29 is 9.53 Å². The standard InChI is InChI=1S/C11H20O2/c1-4-11(7-5-6-8-11)10(12)13-9(2)3/h9H,4-8H2,1-3H3. The largest absolute Gasteiger partial charge is 0.463 e. The summed E-state index contributed by atoms with van der Waals surface area (Å²) in [5.74, 6) is 0.0301. The van der Waals surface area contributed by atoms with Gasteiger partial charge in [-0.15, -0.1) is 0 Å². The summed E-state index contributed by atoms with van der Waals surface area (Å²) >= 11 is 0. The Balaban J connectivity index is 2.60. The van der Waals surface area contributed by atoms with E-state index in [4.69, 9.17) is 4.74 Å². The normalized spacial score (nSPS) is 20.6. The molecule has 1 aliphatic carbocycles. The molecule has 0 aromatic heterocycles. The minimum Gasteiger partial charge on any atom is -0.463 e. The molecule has 0 N–H and O–H groups in total. The Kier molecular flexibility index (Phi) is 3.34. The fourth-order valence-corrected chi connectivity index (χ4v) is 2.09. The molecule has 0 aliphatic heterocycles.